The molecule has 0 bridgehead atoms. The Hall–Kier alpha value is -1.68. The molecule has 1 aromatic heterocycles. The van der Waals surface area contributed by atoms with E-state index < -0.39 is 17.4 Å². The van der Waals surface area contributed by atoms with Crippen LogP contribution in [0.15, 0.2) is 31.9 Å². The molecule has 0 atom stereocenters. The molecule has 129 valence electrons. The average molecular weight is 415 g/mol. The van der Waals surface area contributed by atoms with E-state index in [-0.39, 0.29) is 17.9 Å². The first-order chi connectivity index (χ1) is 11.2. The maximum atomic E-state index is 11.7. The van der Waals surface area contributed by atoms with Gasteiger partial charge in [0, 0.05) is 17.5 Å². The van der Waals surface area contributed by atoms with Crippen molar-refractivity contribution in [3.63, 3.8) is 0 Å². The van der Waals surface area contributed by atoms with Crippen molar-refractivity contribution in [1.29, 1.82) is 0 Å². The number of rotatable bonds is 2. The van der Waals surface area contributed by atoms with Crippen molar-refractivity contribution >= 4 is 43.5 Å². The number of hydrogen-bond acceptors (Lipinski definition) is 7. The molecule has 0 aliphatic carbocycles. The van der Waals surface area contributed by atoms with Gasteiger partial charge in [0.25, 0.3) is 0 Å². The normalized spacial score (nSPS) is 10.8. The van der Waals surface area contributed by atoms with E-state index in [0.29, 0.717) is 15.4 Å². The van der Waals surface area contributed by atoms with Crippen LogP contribution in [0.1, 0.15) is 26.3 Å². The van der Waals surface area contributed by atoms with E-state index >= 15 is 0 Å². The molecular formula is C15H17BrNO6Si. The summed E-state index contributed by atoms with van der Waals surface area (Å²) in [4.78, 5) is 23.2. The predicted molar refractivity (Wildman–Crippen MR) is 92.9 cm³/mol. The lowest BCUT2D eigenvalue weighted by Gasteiger charge is -2.19. The Kier molecular flexibility index (Phi) is 7.15. The number of aliphatic hydroxyl groups excluding tert-OH is 1. The number of carbonyl (C=O) groups is 1. The molecule has 2 rings (SSSR count). The lowest BCUT2D eigenvalue weighted by Crippen LogP contribution is -2.26. The number of hydrogen-bond donors (Lipinski definition) is 2. The van der Waals surface area contributed by atoms with Crippen LogP contribution in [0.3, 0.4) is 0 Å². The van der Waals surface area contributed by atoms with Gasteiger partial charge in [0.1, 0.15) is 21.6 Å². The van der Waals surface area contributed by atoms with E-state index in [0.717, 1.165) is 0 Å². The highest BCUT2D eigenvalue weighted by Gasteiger charge is 2.20. The van der Waals surface area contributed by atoms with Crippen molar-refractivity contribution in [3.8, 4) is 5.75 Å². The van der Waals surface area contributed by atoms with Gasteiger partial charge in [-0.05, 0) is 48.3 Å². The molecule has 9 heteroatoms. The first kappa shape index (κ1) is 20.4. The van der Waals surface area contributed by atoms with Gasteiger partial charge in [-0.25, -0.2) is 9.59 Å². The molecule has 0 unspecified atom stereocenters. The fourth-order valence-corrected chi connectivity index (χ4v) is 2.22. The second-order valence-electron chi connectivity index (χ2n) is 5.59. The van der Waals surface area contributed by atoms with Gasteiger partial charge < -0.3 is 24.4 Å². The van der Waals surface area contributed by atoms with Crippen LogP contribution >= 0.6 is 15.9 Å². The highest BCUT2D eigenvalue weighted by atomic mass is 79.9. The SMILES string of the molecule is CC(C)(C)OC(=O)Oc1cc2oc(=O)cc(CO)c2cc1Br.N[Si]. The number of ether oxygens (including phenoxy) is 2. The van der Waals surface area contributed by atoms with Gasteiger partial charge >= 0.3 is 11.8 Å². The molecule has 7 nitrogen and oxygen atoms in total. The molecular weight excluding hydrogens is 398 g/mol. The Bertz CT molecular complexity index is 784. The van der Waals surface area contributed by atoms with E-state index in [1.54, 1.807) is 26.8 Å². The van der Waals surface area contributed by atoms with Crippen LogP contribution in [-0.2, 0) is 11.3 Å². The van der Waals surface area contributed by atoms with Crippen LogP contribution in [0.25, 0.3) is 11.0 Å². The molecule has 0 amide bonds. The van der Waals surface area contributed by atoms with Gasteiger partial charge in [-0.15, -0.1) is 0 Å². The van der Waals surface area contributed by atoms with Gasteiger partial charge in [-0.2, -0.15) is 0 Å². The van der Waals surface area contributed by atoms with E-state index in [4.69, 9.17) is 13.9 Å². The van der Waals surface area contributed by atoms with E-state index in [2.05, 4.69) is 31.7 Å². The molecule has 0 fully saturated rings. The van der Waals surface area contributed by atoms with Gasteiger partial charge in [0.2, 0.25) is 0 Å². The summed E-state index contributed by atoms with van der Waals surface area (Å²) < 4.78 is 15.7. The molecule has 0 spiro atoms. The van der Waals surface area contributed by atoms with E-state index in [9.17, 15) is 14.7 Å². The minimum Gasteiger partial charge on any atom is -0.428 e. The third-order valence-corrected chi connectivity index (χ3v) is 3.26. The fourth-order valence-electron chi connectivity index (χ4n) is 1.80. The molecule has 0 saturated heterocycles. The molecule has 1 heterocycles. The number of benzene rings is 1. The maximum absolute atomic E-state index is 11.7. The average Bonchev–Trinajstić information content (AvgIpc) is 2.48. The molecule has 2 aromatic rings. The first-order valence-corrected chi connectivity index (χ1v) is 8.13. The smallest absolute Gasteiger partial charge is 0.428 e. The number of aliphatic hydroxyl groups is 1. The summed E-state index contributed by atoms with van der Waals surface area (Å²) in [6, 6.07) is 4.20. The Balaban J connectivity index is 0.00000139. The van der Waals surface area contributed by atoms with Crippen molar-refractivity contribution < 1.29 is 23.8 Å². The first-order valence-electron chi connectivity index (χ1n) is 6.76. The number of carbonyl (C=O) groups excluding carboxylic acids is 1. The quantitative estimate of drug-likeness (QED) is 0.335. The van der Waals surface area contributed by atoms with E-state index in [1.165, 1.54) is 12.1 Å². The maximum Gasteiger partial charge on any atom is 0.514 e. The predicted octanol–water partition coefficient (Wildman–Crippen LogP) is 2.39. The molecule has 0 saturated carbocycles. The van der Waals surface area contributed by atoms with Crippen LogP contribution < -0.4 is 15.8 Å². The van der Waals surface area contributed by atoms with Crippen molar-refractivity contribution in [2.45, 2.75) is 33.0 Å². The lowest BCUT2D eigenvalue weighted by atomic mass is 10.1. The van der Waals surface area contributed by atoms with Crippen molar-refractivity contribution in [2.24, 2.45) is 5.40 Å². The summed E-state index contributed by atoms with van der Waals surface area (Å²) in [7, 11) is 2.47. The summed E-state index contributed by atoms with van der Waals surface area (Å²) in [5, 5.41) is 14.1. The Labute approximate surface area is 150 Å². The topological polar surface area (TPSA) is 112 Å². The molecule has 0 aliphatic rings. The van der Waals surface area contributed by atoms with Crippen LogP contribution in [0.4, 0.5) is 4.79 Å². The van der Waals surface area contributed by atoms with Crippen LogP contribution in [0.5, 0.6) is 5.75 Å². The standard InChI is InChI=1S/C15H15BrO6.H2NSi/c1-15(2,3)22-14(19)21-12-6-11-9(5-10(12)16)8(7-17)4-13(18)20-11;1-2/h4-6,17H,7H2,1-3H3;1H2. The summed E-state index contributed by atoms with van der Waals surface area (Å²) >= 11 is 3.27. The third kappa shape index (κ3) is 5.44. The van der Waals surface area contributed by atoms with Gasteiger partial charge in [0.15, 0.2) is 5.75 Å². The van der Waals surface area contributed by atoms with Crippen LogP contribution in [0, 0.1) is 0 Å². The Morgan fingerprint density at radius 1 is 1.33 bits per heavy atom. The molecule has 3 N–H and O–H groups in total. The molecule has 1 aromatic carbocycles. The number of halogens is 1. The summed E-state index contributed by atoms with van der Waals surface area (Å²) in [5.41, 5.74) is -0.645. The largest absolute Gasteiger partial charge is 0.514 e. The highest BCUT2D eigenvalue weighted by molar-refractivity contribution is 9.10. The Morgan fingerprint density at radius 2 is 1.96 bits per heavy atom. The van der Waals surface area contributed by atoms with Crippen LogP contribution in [0.2, 0.25) is 0 Å². The Morgan fingerprint density at radius 3 is 2.50 bits per heavy atom. The summed E-state index contributed by atoms with van der Waals surface area (Å²) in [5.74, 6) is 0.153. The second kappa shape index (κ2) is 8.43. The summed E-state index contributed by atoms with van der Waals surface area (Å²) in [6.45, 7) is 4.85. The van der Waals surface area contributed by atoms with Crippen LogP contribution in [-0.4, -0.2) is 27.3 Å². The van der Waals surface area contributed by atoms with Gasteiger partial charge in [-0.3, -0.25) is 0 Å². The van der Waals surface area contributed by atoms with Gasteiger partial charge in [0.05, 0.1) is 11.1 Å². The number of nitrogens with two attached hydrogens (primary N) is 1. The van der Waals surface area contributed by atoms with E-state index in [1.807, 2.05) is 0 Å². The van der Waals surface area contributed by atoms with Gasteiger partial charge in [-0.1, -0.05) is 0 Å². The second-order valence-corrected chi connectivity index (χ2v) is 6.45. The molecule has 0 aliphatic heterocycles. The number of fused-ring (bicyclic) bond motifs is 1. The third-order valence-electron chi connectivity index (χ3n) is 2.64. The minimum atomic E-state index is -0.867. The van der Waals surface area contributed by atoms with Crippen molar-refractivity contribution in [2.75, 3.05) is 0 Å². The van der Waals surface area contributed by atoms with Crippen molar-refractivity contribution in [3.05, 3.63) is 38.7 Å². The highest BCUT2D eigenvalue weighted by Crippen LogP contribution is 2.32. The van der Waals surface area contributed by atoms with Crippen molar-refractivity contribution in [1.82, 2.24) is 0 Å². The lowest BCUT2D eigenvalue weighted by molar-refractivity contribution is 0.0205. The zero-order valence-electron chi connectivity index (χ0n) is 13.4. The minimum absolute atomic E-state index is 0.153. The molecule has 24 heavy (non-hydrogen) atoms. The zero-order valence-corrected chi connectivity index (χ0v) is 16.0. The molecule has 3 radical (unpaired) electrons. The zero-order chi connectivity index (χ0) is 18.5. The monoisotopic (exact) mass is 414 g/mol. The fraction of sp³-hybridized carbons (Fsp3) is 0.333. The summed E-state index contributed by atoms with van der Waals surface area (Å²) in [6.07, 6.45) is -0.867.